The summed E-state index contributed by atoms with van der Waals surface area (Å²) in [5.74, 6) is 0. The maximum atomic E-state index is 9.03. The van der Waals surface area contributed by atoms with Gasteiger partial charge in [0.1, 0.15) is 0 Å². The van der Waals surface area contributed by atoms with Gasteiger partial charge in [0, 0.05) is 0 Å². The number of aryl methyl sites for hydroxylation is 1. The Hall–Kier alpha value is -0.969. The highest BCUT2D eigenvalue weighted by molar-refractivity contribution is 6.91. The molecule has 0 radical (unpaired) electrons. The third-order valence-electron chi connectivity index (χ3n) is 6.69. The fourth-order valence-electron chi connectivity index (χ4n) is 5.36. The molecule has 2 aromatic rings. The second kappa shape index (κ2) is 13.8. The number of hydrogen-bond donors (Lipinski definition) is 0. The number of benzene rings is 2. The molecule has 0 spiro atoms. The van der Waals surface area contributed by atoms with Crippen LogP contribution in [0.2, 0.25) is 90.7 Å². The lowest BCUT2D eigenvalue weighted by Crippen LogP contribution is -2.60. The Labute approximate surface area is 256 Å². The van der Waals surface area contributed by atoms with Crippen LogP contribution in [0.5, 0.6) is 0 Å². The van der Waals surface area contributed by atoms with E-state index in [2.05, 4.69) is 116 Å². The third-order valence-corrected chi connectivity index (χ3v) is 30.0. The summed E-state index contributed by atoms with van der Waals surface area (Å²) in [5, 5.41) is 9.03. The minimum absolute atomic E-state index is 0.679. The van der Waals surface area contributed by atoms with Gasteiger partial charge in [-0.2, -0.15) is 5.26 Å². The van der Waals surface area contributed by atoms with Crippen molar-refractivity contribution in [3.8, 4) is 17.2 Å². The van der Waals surface area contributed by atoms with E-state index in [0.717, 1.165) is 29.6 Å². The van der Waals surface area contributed by atoms with E-state index in [1.54, 1.807) is 0 Å². The highest BCUT2D eigenvalue weighted by atomic mass is 28.5. The second-order valence-corrected chi connectivity index (χ2v) is 37.4. The van der Waals surface area contributed by atoms with Crippen LogP contribution in [0.4, 0.5) is 0 Å². The Bertz CT molecular complexity index is 1180. The number of nitrogens with zero attached hydrogens (tertiary/aromatic N) is 1. The Morgan fingerprint density at radius 3 is 1.29 bits per heavy atom. The Kier molecular flexibility index (Phi) is 12.2. The molecule has 0 saturated heterocycles. The van der Waals surface area contributed by atoms with Crippen LogP contribution in [0.3, 0.4) is 0 Å². The molecule has 0 aliphatic heterocycles. The lowest BCUT2D eigenvalue weighted by atomic mass is 10.0. The molecule has 0 N–H and O–H groups in total. The maximum absolute atomic E-state index is 9.03. The summed E-state index contributed by atoms with van der Waals surface area (Å²) in [5.41, 5.74) is 4.26. The molecule has 0 heterocycles. The van der Waals surface area contributed by atoms with Gasteiger partial charge in [0.25, 0.3) is 0 Å². The summed E-state index contributed by atoms with van der Waals surface area (Å²) in [6.07, 6.45) is 0.972. The summed E-state index contributed by atoms with van der Waals surface area (Å²) >= 11 is 0. The minimum atomic E-state index is -2.52. The lowest BCUT2D eigenvalue weighted by Gasteiger charge is -2.43. The molecule has 2 rings (SSSR count). The van der Waals surface area contributed by atoms with Gasteiger partial charge >= 0.3 is 34.2 Å². The van der Waals surface area contributed by atoms with Crippen LogP contribution in [0.25, 0.3) is 11.1 Å². The Morgan fingerprint density at radius 2 is 0.902 bits per heavy atom. The molecule has 41 heavy (non-hydrogen) atoms. The monoisotopic (exact) mass is 663 g/mol. The van der Waals surface area contributed by atoms with Crippen molar-refractivity contribution in [2.24, 2.45) is 0 Å². The van der Waals surface area contributed by atoms with Gasteiger partial charge in [0.2, 0.25) is 0 Å². The molecule has 0 fully saturated rings. The van der Waals surface area contributed by atoms with Gasteiger partial charge in [-0.1, -0.05) is 43.3 Å². The molecule has 0 amide bonds. The van der Waals surface area contributed by atoms with Crippen LogP contribution in [0.15, 0.2) is 48.5 Å². The van der Waals surface area contributed by atoms with Crippen molar-refractivity contribution >= 4 is 50.9 Å². The van der Waals surface area contributed by atoms with Crippen LogP contribution < -0.4 is 0 Å². The van der Waals surface area contributed by atoms with Crippen LogP contribution in [0, 0.1) is 11.3 Å². The van der Waals surface area contributed by atoms with Gasteiger partial charge in [0.15, 0.2) is 16.6 Å². The highest BCUT2D eigenvalue weighted by Gasteiger charge is 2.47. The second-order valence-electron chi connectivity index (χ2n) is 13.9. The Balaban J connectivity index is 1.96. The van der Waals surface area contributed by atoms with Crippen molar-refractivity contribution in [3.63, 3.8) is 0 Å². The molecule has 0 aliphatic carbocycles. The number of hydrogen-bond acceptors (Lipinski definition) is 6. The molecule has 0 atom stereocenters. The predicted octanol–water partition coefficient (Wildman–Crippen LogP) is 9.09. The predicted molar refractivity (Wildman–Crippen MR) is 186 cm³/mol. The maximum Gasteiger partial charge on any atom is 0.314 e. The van der Waals surface area contributed by atoms with E-state index in [4.69, 9.17) is 25.8 Å². The minimum Gasteiger partial charge on any atom is -0.436 e. The van der Waals surface area contributed by atoms with E-state index < -0.39 is 50.9 Å². The van der Waals surface area contributed by atoms with Crippen molar-refractivity contribution in [2.45, 2.75) is 104 Å². The zero-order valence-electron chi connectivity index (χ0n) is 27.7. The normalized spacial score (nSPS) is 13.8. The zero-order chi connectivity index (χ0) is 31.3. The molecule has 0 bridgehead atoms. The standard InChI is InChI=1S/C29H53NO5Si6/c1-14-36(2,3)31-38(6,7)33-40(10,11)35-41(12,13)34-39(8,9)32-37(4,5)24-23-26-15-19-28(20-16-26)29-21-17-27(25-30)18-22-29/h15-22H,14,23-24H2,1-13H3. The molecule has 12 heteroatoms. The van der Waals surface area contributed by atoms with Crippen molar-refractivity contribution in [1.82, 2.24) is 0 Å². The highest BCUT2D eigenvalue weighted by Crippen LogP contribution is 2.29. The van der Waals surface area contributed by atoms with Crippen molar-refractivity contribution in [2.75, 3.05) is 0 Å². The smallest absolute Gasteiger partial charge is 0.314 e. The first kappa shape index (κ1) is 36.2. The zero-order valence-corrected chi connectivity index (χ0v) is 33.7. The fourth-order valence-corrected chi connectivity index (χ4v) is 34.3. The summed E-state index contributed by atoms with van der Waals surface area (Å²) in [6.45, 7) is 28.3. The van der Waals surface area contributed by atoms with Gasteiger partial charge in [-0.3, -0.25) is 0 Å². The third kappa shape index (κ3) is 13.1. The SMILES string of the molecule is CC[Si](C)(C)O[Si](C)(C)O[Si](C)(C)O[Si](C)(C)O[Si](C)(C)O[Si](C)(C)CCc1ccc(-c2ccc(C#N)cc2)cc1. The van der Waals surface area contributed by atoms with E-state index in [-0.39, 0.29) is 0 Å². The average molecular weight is 664 g/mol. The van der Waals surface area contributed by atoms with Crippen molar-refractivity contribution in [3.05, 3.63) is 59.7 Å². The topological polar surface area (TPSA) is 69.9 Å². The number of rotatable bonds is 15. The quantitative estimate of drug-likeness (QED) is 0.177. The molecule has 228 valence electrons. The van der Waals surface area contributed by atoms with E-state index in [1.165, 1.54) is 5.56 Å². The van der Waals surface area contributed by atoms with E-state index in [0.29, 0.717) is 5.56 Å². The van der Waals surface area contributed by atoms with Gasteiger partial charge in [0.05, 0.1) is 11.6 Å². The largest absolute Gasteiger partial charge is 0.436 e. The molecule has 0 aliphatic rings. The lowest BCUT2D eigenvalue weighted by molar-refractivity contribution is 0.281. The van der Waals surface area contributed by atoms with Crippen LogP contribution in [0.1, 0.15) is 18.1 Å². The van der Waals surface area contributed by atoms with E-state index >= 15 is 0 Å². The van der Waals surface area contributed by atoms with Gasteiger partial charge < -0.3 is 20.6 Å². The van der Waals surface area contributed by atoms with Gasteiger partial charge in [-0.25, -0.2) is 0 Å². The summed E-state index contributed by atoms with van der Waals surface area (Å²) in [6, 6.07) is 20.7. The van der Waals surface area contributed by atoms with E-state index in [9.17, 15) is 0 Å². The Morgan fingerprint density at radius 1 is 0.537 bits per heavy atom. The van der Waals surface area contributed by atoms with Crippen LogP contribution in [-0.4, -0.2) is 50.9 Å². The fraction of sp³-hybridized carbons (Fsp3) is 0.552. The van der Waals surface area contributed by atoms with Crippen molar-refractivity contribution in [1.29, 1.82) is 5.26 Å². The van der Waals surface area contributed by atoms with E-state index in [1.807, 2.05) is 24.3 Å². The molecular weight excluding hydrogens is 611 g/mol. The first-order chi connectivity index (χ1) is 18.6. The van der Waals surface area contributed by atoms with Gasteiger partial charge in [-0.05, 0) is 126 Å². The molecule has 2 aromatic carbocycles. The first-order valence-corrected chi connectivity index (χ1v) is 32.2. The molecule has 0 saturated carbocycles. The first-order valence-electron chi connectivity index (χ1n) is 14.7. The summed E-state index contributed by atoms with van der Waals surface area (Å²) in [4.78, 5) is 0. The molecule has 0 aromatic heterocycles. The van der Waals surface area contributed by atoms with Gasteiger partial charge in [-0.15, -0.1) is 0 Å². The summed E-state index contributed by atoms with van der Waals surface area (Å²) in [7, 11) is -13.5. The van der Waals surface area contributed by atoms with Crippen LogP contribution >= 0.6 is 0 Å². The number of nitriles is 1. The molecule has 6 nitrogen and oxygen atoms in total. The molecule has 0 unspecified atom stereocenters. The average Bonchev–Trinajstić information content (AvgIpc) is 2.79. The van der Waals surface area contributed by atoms with Crippen molar-refractivity contribution < 1.29 is 20.6 Å². The molecular formula is C29H53NO5Si6. The van der Waals surface area contributed by atoms with Crippen LogP contribution in [-0.2, 0) is 27.0 Å². The summed E-state index contributed by atoms with van der Waals surface area (Å²) < 4.78 is 33.5.